The summed E-state index contributed by atoms with van der Waals surface area (Å²) < 4.78 is 0. The van der Waals surface area contributed by atoms with Gasteiger partial charge in [-0.1, -0.05) is 32.3 Å². The summed E-state index contributed by atoms with van der Waals surface area (Å²) in [6, 6.07) is 0. The molecule has 144 valence electrons. The Bertz CT molecular complexity index is 691. The SMILES string of the molecule is CN=C(N)NC[C@]1(C)[C@H]2CC3=C(C(=O)O)CC[C@]31[C@H](C)CC21CCCC1. The van der Waals surface area contributed by atoms with E-state index in [0.29, 0.717) is 23.2 Å². The topological polar surface area (TPSA) is 87.7 Å². The molecular formula is C21H33N3O2. The first-order valence-corrected chi connectivity index (χ1v) is 10.2. The van der Waals surface area contributed by atoms with Gasteiger partial charge in [0.1, 0.15) is 0 Å². The van der Waals surface area contributed by atoms with Crippen LogP contribution in [0.4, 0.5) is 0 Å². The van der Waals surface area contributed by atoms with Crippen molar-refractivity contribution in [1.82, 2.24) is 5.32 Å². The lowest BCUT2D eigenvalue weighted by Gasteiger charge is -2.60. The Labute approximate surface area is 156 Å². The summed E-state index contributed by atoms with van der Waals surface area (Å²) in [7, 11) is 1.71. The third kappa shape index (κ3) is 2.03. The molecule has 26 heavy (non-hydrogen) atoms. The number of hydrogen-bond acceptors (Lipinski definition) is 2. The van der Waals surface area contributed by atoms with E-state index >= 15 is 0 Å². The summed E-state index contributed by atoms with van der Waals surface area (Å²) >= 11 is 0. The number of aliphatic imine (C=N–C) groups is 1. The largest absolute Gasteiger partial charge is 0.478 e. The Hall–Kier alpha value is -1.52. The molecule has 5 nitrogen and oxygen atoms in total. The lowest BCUT2D eigenvalue weighted by molar-refractivity contribution is -0.132. The first-order chi connectivity index (χ1) is 12.3. The fraction of sp³-hybridized carbons (Fsp3) is 0.810. The highest BCUT2D eigenvalue weighted by Gasteiger charge is 2.71. The van der Waals surface area contributed by atoms with Crippen molar-refractivity contribution < 1.29 is 9.90 Å². The monoisotopic (exact) mass is 359 g/mol. The minimum atomic E-state index is -0.693. The molecule has 3 saturated carbocycles. The third-order valence-corrected chi connectivity index (χ3v) is 8.90. The van der Waals surface area contributed by atoms with Crippen molar-refractivity contribution in [2.75, 3.05) is 13.6 Å². The smallest absolute Gasteiger partial charge is 0.331 e. The van der Waals surface area contributed by atoms with E-state index in [1.165, 1.54) is 37.7 Å². The summed E-state index contributed by atoms with van der Waals surface area (Å²) in [4.78, 5) is 16.0. The van der Waals surface area contributed by atoms with Crippen LogP contribution in [0.3, 0.4) is 0 Å². The number of hydrogen-bond donors (Lipinski definition) is 3. The Morgan fingerprint density at radius 1 is 1.35 bits per heavy atom. The van der Waals surface area contributed by atoms with E-state index in [-0.39, 0.29) is 10.8 Å². The van der Waals surface area contributed by atoms with Crippen molar-refractivity contribution in [1.29, 1.82) is 0 Å². The van der Waals surface area contributed by atoms with Gasteiger partial charge in [0.25, 0.3) is 0 Å². The molecule has 2 spiro atoms. The average Bonchev–Trinajstić information content (AvgIpc) is 3.25. The molecule has 0 aromatic heterocycles. The number of aliphatic carboxylic acids is 1. The highest BCUT2D eigenvalue weighted by Crippen LogP contribution is 2.78. The molecule has 5 heteroatoms. The molecule has 0 aromatic rings. The number of nitrogens with one attached hydrogen (secondary N) is 1. The van der Waals surface area contributed by atoms with E-state index in [4.69, 9.17) is 5.73 Å². The van der Waals surface area contributed by atoms with Gasteiger partial charge in [-0.15, -0.1) is 0 Å². The predicted octanol–water partition coefficient (Wildman–Crippen LogP) is 3.31. The quantitative estimate of drug-likeness (QED) is 0.533. The molecule has 0 aliphatic heterocycles. The predicted molar refractivity (Wildman–Crippen MR) is 103 cm³/mol. The van der Waals surface area contributed by atoms with Crippen molar-refractivity contribution >= 4 is 11.9 Å². The maximum atomic E-state index is 12.0. The fourth-order valence-corrected chi connectivity index (χ4v) is 8.00. The van der Waals surface area contributed by atoms with Gasteiger partial charge in [0.05, 0.1) is 0 Å². The van der Waals surface area contributed by atoms with E-state index in [1.54, 1.807) is 7.05 Å². The van der Waals surface area contributed by atoms with Crippen LogP contribution >= 0.6 is 0 Å². The molecule has 4 atom stereocenters. The second-order valence-electron chi connectivity index (χ2n) is 9.54. The average molecular weight is 360 g/mol. The van der Waals surface area contributed by atoms with Crippen molar-refractivity contribution in [3.8, 4) is 0 Å². The molecule has 0 amide bonds. The molecule has 4 aliphatic carbocycles. The molecule has 0 saturated heterocycles. The van der Waals surface area contributed by atoms with Gasteiger partial charge < -0.3 is 16.2 Å². The standard InChI is InChI=1S/C21H33N3O2/c1-13-11-20(7-4-5-8-20)16-10-15-14(17(25)26)6-9-21(13,15)19(16,2)12-24-18(22)23-3/h13,16H,4-12H2,1-3H3,(H,25,26)(H3,22,23,24)/t13-,16-,19-,21+/m1/s1. The Morgan fingerprint density at radius 3 is 2.65 bits per heavy atom. The van der Waals surface area contributed by atoms with Crippen LogP contribution in [-0.2, 0) is 4.79 Å². The minimum absolute atomic E-state index is 0.0141. The number of rotatable bonds is 3. The summed E-state index contributed by atoms with van der Waals surface area (Å²) in [6.45, 7) is 5.60. The van der Waals surface area contributed by atoms with E-state index < -0.39 is 5.97 Å². The van der Waals surface area contributed by atoms with Gasteiger partial charge in [-0.05, 0) is 61.2 Å². The van der Waals surface area contributed by atoms with Crippen LogP contribution in [0.15, 0.2) is 16.1 Å². The number of carbonyl (C=O) groups is 1. The number of guanidine groups is 1. The second-order valence-corrected chi connectivity index (χ2v) is 9.54. The molecule has 4 aliphatic rings. The van der Waals surface area contributed by atoms with Crippen molar-refractivity contribution in [3.05, 3.63) is 11.1 Å². The van der Waals surface area contributed by atoms with E-state index in [1.807, 2.05) is 0 Å². The Balaban J connectivity index is 1.84. The lowest BCUT2D eigenvalue weighted by atomic mass is 9.45. The summed E-state index contributed by atoms with van der Waals surface area (Å²) in [5.41, 5.74) is 8.43. The zero-order valence-corrected chi connectivity index (χ0v) is 16.4. The van der Waals surface area contributed by atoms with Crippen LogP contribution in [0.25, 0.3) is 0 Å². The number of carboxylic acids is 1. The molecule has 0 radical (unpaired) electrons. The number of allylic oxidation sites excluding steroid dienone is 1. The van der Waals surface area contributed by atoms with E-state index in [2.05, 4.69) is 24.2 Å². The summed E-state index contributed by atoms with van der Waals surface area (Å²) in [6.07, 6.45) is 9.21. The Kier molecular flexibility index (Phi) is 3.94. The van der Waals surface area contributed by atoms with Crippen LogP contribution < -0.4 is 11.1 Å². The van der Waals surface area contributed by atoms with Gasteiger partial charge >= 0.3 is 5.97 Å². The Morgan fingerprint density at radius 2 is 2.04 bits per heavy atom. The van der Waals surface area contributed by atoms with Crippen LogP contribution in [0.1, 0.15) is 65.2 Å². The molecule has 0 aromatic carbocycles. The molecule has 0 unspecified atom stereocenters. The highest BCUT2D eigenvalue weighted by molar-refractivity contribution is 5.89. The van der Waals surface area contributed by atoms with E-state index in [9.17, 15) is 9.90 Å². The first kappa shape index (κ1) is 17.9. The van der Waals surface area contributed by atoms with Gasteiger partial charge in [-0.3, -0.25) is 4.99 Å². The molecule has 0 heterocycles. The van der Waals surface area contributed by atoms with Gasteiger partial charge in [-0.2, -0.15) is 0 Å². The van der Waals surface area contributed by atoms with Crippen LogP contribution in [0, 0.1) is 28.1 Å². The molecule has 4 rings (SSSR count). The minimum Gasteiger partial charge on any atom is -0.478 e. The number of nitrogens with zero attached hydrogens (tertiary/aromatic N) is 1. The van der Waals surface area contributed by atoms with Crippen LogP contribution in [-0.4, -0.2) is 30.6 Å². The van der Waals surface area contributed by atoms with E-state index in [0.717, 1.165) is 31.4 Å². The zero-order valence-electron chi connectivity index (χ0n) is 16.4. The first-order valence-electron chi connectivity index (χ1n) is 10.2. The third-order valence-electron chi connectivity index (χ3n) is 8.90. The van der Waals surface area contributed by atoms with Gasteiger partial charge in [0.15, 0.2) is 5.96 Å². The van der Waals surface area contributed by atoms with Gasteiger partial charge in [0.2, 0.25) is 0 Å². The maximum absolute atomic E-state index is 12.0. The summed E-state index contributed by atoms with van der Waals surface area (Å²) in [5.74, 6) is 0.873. The molecule has 3 fully saturated rings. The molecule has 4 N–H and O–H groups in total. The lowest BCUT2D eigenvalue weighted by Crippen LogP contribution is -2.58. The summed E-state index contributed by atoms with van der Waals surface area (Å²) in [5, 5.41) is 13.2. The van der Waals surface area contributed by atoms with Crippen molar-refractivity contribution in [2.24, 2.45) is 38.8 Å². The normalized spacial score (nSPS) is 41.0. The van der Waals surface area contributed by atoms with Gasteiger partial charge in [-0.25, -0.2) is 4.79 Å². The number of carboxylic acid groups (broad SMARTS) is 1. The second kappa shape index (κ2) is 5.74. The maximum Gasteiger partial charge on any atom is 0.331 e. The van der Waals surface area contributed by atoms with Crippen molar-refractivity contribution in [2.45, 2.75) is 65.2 Å². The van der Waals surface area contributed by atoms with Crippen LogP contribution in [0.5, 0.6) is 0 Å². The molecular weight excluding hydrogens is 326 g/mol. The number of fused-ring (bicyclic) bond motifs is 2. The molecule has 2 bridgehead atoms. The van der Waals surface area contributed by atoms with Crippen LogP contribution in [0.2, 0.25) is 0 Å². The highest BCUT2D eigenvalue weighted by atomic mass is 16.4. The van der Waals surface area contributed by atoms with Crippen molar-refractivity contribution in [3.63, 3.8) is 0 Å². The number of nitrogens with two attached hydrogens (primary N) is 1. The fourth-order valence-electron chi connectivity index (χ4n) is 8.00. The van der Waals surface area contributed by atoms with Gasteiger partial charge in [0, 0.05) is 24.6 Å². The zero-order chi connectivity index (χ0) is 18.7.